The maximum Gasteiger partial charge on any atom is 0.266 e. The summed E-state index contributed by atoms with van der Waals surface area (Å²) in [5, 5.41) is 3.25. The standard InChI is InChI=1S/C20H18ClFN2O3S2/c1-12-18-15(22)5-4-6-16(18)28-19(12)20(25)23-13-7-8-14(21)17(11-13)29(26,27)24-9-2-3-10-24/h4-8,11H,2-3,9-10H2,1H3,(H,23,25). The Kier molecular flexibility index (Phi) is 5.37. The topological polar surface area (TPSA) is 66.5 Å². The third-order valence-electron chi connectivity index (χ3n) is 4.98. The fraction of sp³-hybridized carbons (Fsp3) is 0.250. The van der Waals surface area contributed by atoms with Gasteiger partial charge in [0.05, 0.1) is 9.90 Å². The highest BCUT2D eigenvalue weighted by Crippen LogP contribution is 2.34. The first kappa shape index (κ1) is 20.3. The lowest BCUT2D eigenvalue weighted by Crippen LogP contribution is -2.28. The van der Waals surface area contributed by atoms with Crippen molar-refractivity contribution in [3.63, 3.8) is 0 Å². The Morgan fingerprint density at radius 2 is 1.93 bits per heavy atom. The van der Waals surface area contributed by atoms with Crippen LogP contribution in [0.3, 0.4) is 0 Å². The Morgan fingerprint density at radius 1 is 1.21 bits per heavy atom. The van der Waals surface area contributed by atoms with E-state index in [1.54, 1.807) is 25.1 Å². The molecule has 152 valence electrons. The van der Waals surface area contributed by atoms with Crippen LogP contribution in [-0.2, 0) is 10.0 Å². The third-order valence-corrected chi connectivity index (χ3v) is 8.62. The molecule has 0 spiro atoms. The number of amides is 1. The molecule has 5 nitrogen and oxygen atoms in total. The maximum absolute atomic E-state index is 14.1. The summed E-state index contributed by atoms with van der Waals surface area (Å²) in [7, 11) is -3.72. The average Bonchev–Trinajstić information content (AvgIpc) is 3.33. The molecule has 4 rings (SSSR count). The highest BCUT2D eigenvalue weighted by atomic mass is 35.5. The summed E-state index contributed by atoms with van der Waals surface area (Å²) < 4.78 is 41.9. The van der Waals surface area contributed by atoms with Gasteiger partial charge in [0.1, 0.15) is 10.7 Å². The van der Waals surface area contributed by atoms with Crippen molar-refractivity contribution >= 4 is 54.6 Å². The van der Waals surface area contributed by atoms with Crippen molar-refractivity contribution in [2.24, 2.45) is 0 Å². The van der Waals surface area contributed by atoms with E-state index in [9.17, 15) is 17.6 Å². The summed E-state index contributed by atoms with van der Waals surface area (Å²) in [5.41, 5.74) is 0.869. The minimum absolute atomic E-state index is 0.0297. The van der Waals surface area contributed by atoms with Crippen molar-refractivity contribution in [3.8, 4) is 0 Å². The maximum atomic E-state index is 14.1. The number of benzene rings is 2. The van der Waals surface area contributed by atoms with Crippen LogP contribution in [0.1, 0.15) is 28.1 Å². The zero-order valence-electron chi connectivity index (χ0n) is 15.5. The molecule has 3 aromatic rings. The fourth-order valence-electron chi connectivity index (χ4n) is 3.50. The Labute approximate surface area is 177 Å². The van der Waals surface area contributed by atoms with Gasteiger partial charge >= 0.3 is 0 Å². The van der Waals surface area contributed by atoms with Gasteiger partial charge in [-0.1, -0.05) is 17.7 Å². The number of nitrogens with one attached hydrogen (secondary N) is 1. The van der Waals surface area contributed by atoms with E-state index < -0.39 is 15.9 Å². The zero-order valence-corrected chi connectivity index (χ0v) is 17.9. The number of aryl methyl sites for hydroxylation is 1. The predicted molar refractivity (Wildman–Crippen MR) is 114 cm³/mol. The second-order valence-corrected chi connectivity index (χ2v) is 10.2. The van der Waals surface area contributed by atoms with E-state index in [1.807, 2.05) is 0 Å². The van der Waals surface area contributed by atoms with Gasteiger partial charge in [0.2, 0.25) is 10.0 Å². The number of fused-ring (bicyclic) bond motifs is 1. The van der Waals surface area contributed by atoms with Crippen LogP contribution in [0.15, 0.2) is 41.3 Å². The number of anilines is 1. The molecule has 9 heteroatoms. The highest BCUT2D eigenvalue weighted by molar-refractivity contribution is 7.89. The van der Waals surface area contributed by atoms with Gasteiger partial charge in [0.15, 0.2) is 0 Å². The Bertz CT molecular complexity index is 1220. The molecule has 1 aliphatic rings. The summed E-state index contributed by atoms with van der Waals surface area (Å²) in [4.78, 5) is 13.2. The van der Waals surface area contributed by atoms with E-state index in [-0.39, 0.29) is 15.7 Å². The molecule has 2 heterocycles. The van der Waals surface area contributed by atoms with Gasteiger partial charge in [-0.15, -0.1) is 11.3 Å². The monoisotopic (exact) mass is 452 g/mol. The van der Waals surface area contributed by atoms with Gasteiger partial charge in [0, 0.05) is 28.9 Å². The Balaban J connectivity index is 1.66. The van der Waals surface area contributed by atoms with Gasteiger partial charge < -0.3 is 5.32 Å². The van der Waals surface area contributed by atoms with Crippen LogP contribution < -0.4 is 5.32 Å². The first-order valence-corrected chi connectivity index (χ1v) is 11.7. The van der Waals surface area contributed by atoms with Crippen molar-refractivity contribution in [1.82, 2.24) is 4.31 Å². The van der Waals surface area contributed by atoms with Gasteiger partial charge in [-0.05, 0) is 55.7 Å². The molecular formula is C20H18ClFN2O3S2. The lowest BCUT2D eigenvalue weighted by atomic mass is 10.1. The largest absolute Gasteiger partial charge is 0.321 e. The third kappa shape index (κ3) is 3.66. The number of nitrogens with zero attached hydrogens (tertiary/aromatic N) is 1. The fourth-order valence-corrected chi connectivity index (χ4v) is 6.64. The van der Waals surface area contributed by atoms with Gasteiger partial charge in [-0.25, -0.2) is 12.8 Å². The minimum Gasteiger partial charge on any atom is -0.321 e. The molecular weight excluding hydrogens is 435 g/mol. The van der Waals surface area contributed by atoms with E-state index in [1.165, 1.54) is 33.8 Å². The highest BCUT2D eigenvalue weighted by Gasteiger charge is 2.29. The van der Waals surface area contributed by atoms with Crippen molar-refractivity contribution < 1.29 is 17.6 Å². The number of sulfonamides is 1. The van der Waals surface area contributed by atoms with Crippen LogP contribution in [0, 0.1) is 12.7 Å². The number of rotatable bonds is 4. The van der Waals surface area contributed by atoms with Crippen LogP contribution in [0.2, 0.25) is 5.02 Å². The SMILES string of the molecule is Cc1c(C(=O)Nc2ccc(Cl)c(S(=O)(=O)N3CCCC3)c2)sc2cccc(F)c12. The van der Waals surface area contributed by atoms with Crippen LogP contribution in [0.4, 0.5) is 10.1 Å². The molecule has 0 unspecified atom stereocenters. The predicted octanol–water partition coefficient (Wildman–Crippen LogP) is 5.04. The van der Waals surface area contributed by atoms with E-state index in [0.717, 1.165) is 12.8 Å². The molecule has 0 atom stereocenters. The van der Waals surface area contributed by atoms with Crippen molar-refractivity contribution in [1.29, 1.82) is 0 Å². The summed E-state index contributed by atoms with van der Waals surface area (Å²) in [6, 6.07) is 9.10. The quantitative estimate of drug-likeness (QED) is 0.603. The number of carbonyl (C=O) groups excluding carboxylic acids is 1. The molecule has 1 N–H and O–H groups in total. The smallest absolute Gasteiger partial charge is 0.266 e. The Morgan fingerprint density at radius 3 is 2.62 bits per heavy atom. The summed E-state index contributed by atoms with van der Waals surface area (Å²) >= 11 is 7.34. The number of thiophene rings is 1. The van der Waals surface area contributed by atoms with Crippen molar-refractivity contribution in [2.45, 2.75) is 24.7 Å². The van der Waals surface area contributed by atoms with Crippen LogP contribution in [0.25, 0.3) is 10.1 Å². The normalized spacial score (nSPS) is 15.1. The molecule has 0 saturated carbocycles. The van der Waals surface area contributed by atoms with Crippen molar-refractivity contribution in [3.05, 3.63) is 57.7 Å². The van der Waals surface area contributed by atoms with Gasteiger partial charge in [-0.2, -0.15) is 4.31 Å². The molecule has 0 aliphatic carbocycles. The molecule has 1 saturated heterocycles. The number of hydrogen-bond donors (Lipinski definition) is 1. The molecule has 1 fully saturated rings. The first-order chi connectivity index (χ1) is 13.8. The van der Waals surface area contributed by atoms with E-state index in [2.05, 4.69) is 5.32 Å². The first-order valence-electron chi connectivity index (χ1n) is 9.07. The lowest BCUT2D eigenvalue weighted by molar-refractivity contribution is 0.103. The van der Waals surface area contributed by atoms with Crippen LogP contribution >= 0.6 is 22.9 Å². The molecule has 1 aromatic heterocycles. The lowest BCUT2D eigenvalue weighted by Gasteiger charge is -2.17. The molecule has 2 aromatic carbocycles. The number of carbonyl (C=O) groups is 1. The second-order valence-electron chi connectivity index (χ2n) is 6.88. The van der Waals surface area contributed by atoms with E-state index >= 15 is 0 Å². The Hall–Kier alpha value is -2.00. The average molecular weight is 453 g/mol. The van der Waals surface area contributed by atoms with E-state index in [0.29, 0.717) is 39.3 Å². The van der Waals surface area contributed by atoms with Crippen molar-refractivity contribution in [2.75, 3.05) is 18.4 Å². The van der Waals surface area contributed by atoms with Gasteiger partial charge in [-0.3, -0.25) is 4.79 Å². The summed E-state index contributed by atoms with van der Waals surface area (Å²) in [6.07, 6.45) is 1.63. The molecule has 1 aliphatic heterocycles. The molecule has 29 heavy (non-hydrogen) atoms. The molecule has 0 radical (unpaired) electrons. The minimum atomic E-state index is -3.72. The molecule has 1 amide bonds. The second kappa shape index (κ2) is 7.68. The van der Waals surface area contributed by atoms with Gasteiger partial charge in [0.25, 0.3) is 5.91 Å². The molecule has 0 bridgehead atoms. The zero-order chi connectivity index (χ0) is 20.8. The number of hydrogen-bond acceptors (Lipinski definition) is 4. The van der Waals surface area contributed by atoms with Crippen LogP contribution in [-0.4, -0.2) is 31.7 Å². The summed E-state index contributed by atoms with van der Waals surface area (Å²) in [5.74, 6) is -0.796. The number of halogens is 2. The van der Waals surface area contributed by atoms with E-state index in [4.69, 9.17) is 11.6 Å². The summed E-state index contributed by atoms with van der Waals surface area (Å²) in [6.45, 7) is 2.62. The van der Waals surface area contributed by atoms with Crippen LogP contribution in [0.5, 0.6) is 0 Å².